The first kappa shape index (κ1) is 19.5. The van der Waals surface area contributed by atoms with Gasteiger partial charge in [0, 0.05) is 18.5 Å². The number of hydrogen-bond acceptors (Lipinski definition) is 5. The Labute approximate surface area is 180 Å². The lowest BCUT2D eigenvalue weighted by atomic mass is 9.87. The molecule has 0 spiro atoms. The summed E-state index contributed by atoms with van der Waals surface area (Å²) in [5.41, 5.74) is 1.45. The van der Waals surface area contributed by atoms with Crippen LogP contribution in [0.25, 0.3) is 0 Å². The van der Waals surface area contributed by atoms with Gasteiger partial charge in [0.05, 0.1) is 6.20 Å². The smallest absolute Gasteiger partial charge is 0.290 e. The Bertz CT molecular complexity index is 1120. The lowest BCUT2D eigenvalue weighted by Gasteiger charge is -2.52. The third-order valence-electron chi connectivity index (χ3n) is 6.27. The van der Waals surface area contributed by atoms with Gasteiger partial charge in [-0.15, -0.1) is 0 Å². The molecule has 1 amide bonds. The van der Waals surface area contributed by atoms with Crippen molar-refractivity contribution in [2.24, 2.45) is 0 Å². The van der Waals surface area contributed by atoms with Gasteiger partial charge < -0.3 is 5.11 Å². The third-order valence-corrected chi connectivity index (χ3v) is 6.27. The zero-order chi connectivity index (χ0) is 21.5. The summed E-state index contributed by atoms with van der Waals surface area (Å²) in [6.07, 6.45) is 2.49. The maximum absolute atomic E-state index is 13.4. The van der Waals surface area contributed by atoms with E-state index >= 15 is 0 Å². The van der Waals surface area contributed by atoms with Gasteiger partial charge in [-0.05, 0) is 30.9 Å². The van der Waals surface area contributed by atoms with Crippen molar-refractivity contribution in [1.29, 1.82) is 0 Å². The van der Waals surface area contributed by atoms with Crippen LogP contribution in [0.2, 0.25) is 0 Å². The van der Waals surface area contributed by atoms with E-state index in [0.717, 1.165) is 30.2 Å². The van der Waals surface area contributed by atoms with E-state index < -0.39 is 17.3 Å². The zero-order valence-electron chi connectivity index (χ0n) is 17.3. The van der Waals surface area contributed by atoms with Crippen molar-refractivity contribution in [2.45, 2.75) is 37.9 Å². The summed E-state index contributed by atoms with van der Waals surface area (Å²) in [6.45, 7) is 2.69. The van der Waals surface area contributed by atoms with Crippen LogP contribution in [0.3, 0.4) is 0 Å². The molecule has 2 aromatic carbocycles. The van der Waals surface area contributed by atoms with E-state index in [4.69, 9.17) is 0 Å². The summed E-state index contributed by atoms with van der Waals surface area (Å²) in [5, 5.41) is 18.7. The standard InChI is InChI=1S/C24H24N4O3/c1-16-9-8-14-26-23(27-21(24(31)28(16)26)22(30)19(29)15-25-27)20(17-10-4-2-5-11-17)18-12-6-3-7-13-18/h2-7,10-13,15-16,20,23,30H,8-9,14H2,1H3. The first-order valence-electron chi connectivity index (χ1n) is 10.6. The molecule has 3 heterocycles. The minimum atomic E-state index is -0.646. The molecule has 2 atom stereocenters. The Morgan fingerprint density at radius 2 is 1.61 bits per heavy atom. The first-order valence-corrected chi connectivity index (χ1v) is 10.6. The van der Waals surface area contributed by atoms with Crippen LogP contribution in [0.15, 0.2) is 71.7 Å². The molecule has 2 aliphatic rings. The second-order valence-corrected chi connectivity index (χ2v) is 8.17. The number of hydrogen-bond donors (Lipinski definition) is 1. The van der Waals surface area contributed by atoms with Crippen LogP contribution in [0, 0.1) is 0 Å². The molecule has 158 valence electrons. The molecule has 7 heteroatoms. The lowest BCUT2D eigenvalue weighted by molar-refractivity contribution is -0.125. The van der Waals surface area contributed by atoms with E-state index in [1.54, 1.807) is 5.01 Å². The lowest BCUT2D eigenvalue weighted by Crippen LogP contribution is -2.62. The molecule has 1 aromatic heterocycles. The zero-order valence-corrected chi connectivity index (χ0v) is 17.3. The number of carbonyl (C=O) groups is 1. The molecular formula is C24H24N4O3. The van der Waals surface area contributed by atoms with Crippen LogP contribution in [-0.2, 0) is 0 Å². The first-order chi connectivity index (χ1) is 15.1. The molecule has 1 fully saturated rings. The number of carbonyl (C=O) groups excluding carboxylic acids is 1. The van der Waals surface area contributed by atoms with Gasteiger partial charge in [-0.1, -0.05) is 60.7 Å². The van der Waals surface area contributed by atoms with Gasteiger partial charge in [-0.3, -0.25) is 14.6 Å². The Morgan fingerprint density at radius 3 is 2.23 bits per heavy atom. The van der Waals surface area contributed by atoms with Crippen LogP contribution in [0.1, 0.15) is 53.5 Å². The quantitative estimate of drug-likeness (QED) is 0.710. The minimum Gasteiger partial charge on any atom is -0.502 e. The van der Waals surface area contributed by atoms with Crippen molar-refractivity contribution < 1.29 is 9.90 Å². The number of amides is 1. The summed E-state index contributed by atoms with van der Waals surface area (Å²) in [5.74, 6) is -1.09. The van der Waals surface area contributed by atoms with Crippen molar-refractivity contribution in [1.82, 2.24) is 19.8 Å². The molecular weight excluding hydrogens is 392 g/mol. The summed E-state index contributed by atoms with van der Waals surface area (Å²) >= 11 is 0. The molecule has 3 aromatic rings. The Morgan fingerprint density at radius 1 is 1.00 bits per heavy atom. The van der Waals surface area contributed by atoms with Gasteiger partial charge in [0.1, 0.15) is 6.17 Å². The molecule has 1 N–H and O–H groups in total. The van der Waals surface area contributed by atoms with Crippen molar-refractivity contribution in [3.05, 3.63) is 93.9 Å². The van der Waals surface area contributed by atoms with Crippen molar-refractivity contribution in [3.8, 4) is 5.75 Å². The molecule has 2 unspecified atom stereocenters. The van der Waals surface area contributed by atoms with Crippen molar-refractivity contribution >= 4 is 5.91 Å². The number of nitrogens with zero attached hydrogens (tertiary/aromatic N) is 4. The van der Waals surface area contributed by atoms with Gasteiger partial charge in [0.25, 0.3) is 5.91 Å². The van der Waals surface area contributed by atoms with Crippen LogP contribution in [0.4, 0.5) is 0 Å². The van der Waals surface area contributed by atoms with Crippen LogP contribution < -0.4 is 5.43 Å². The second kappa shape index (κ2) is 7.67. The molecule has 0 aliphatic carbocycles. The average molecular weight is 416 g/mol. The molecule has 0 radical (unpaired) electrons. The fourth-order valence-electron chi connectivity index (χ4n) is 4.87. The number of rotatable bonds is 3. The number of benzene rings is 2. The van der Waals surface area contributed by atoms with Gasteiger partial charge in [-0.2, -0.15) is 10.1 Å². The largest absolute Gasteiger partial charge is 0.502 e. The molecule has 5 rings (SSSR count). The summed E-state index contributed by atoms with van der Waals surface area (Å²) in [6, 6.07) is 20.1. The number of aromatic nitrogens is 2. The minimum absolute atomic E-state index is 0.0422. The molecule has 0 bridgehead atoms. The van der Waals surface area contributed by atoms with Gasteiger partial charge in [0.2, 0.25) is 5.43 Å². The number of hydrazine groups is 1. The normalized spacial score (nSPS) is 21.1. The van der Waals surface area contributed by atoms with E-state index in [2.05, 4.69) is 34.4 Å². The monoisotopic (exact) mass is 416 g/mol. The highest BCUT2D eigenvalue weighted by atomic mass is 16.3. The Balaban J connectivity index is 1.79. The molecule has 31 heavy (non-hydrogen) atoms. The van der Waals surface area contributed by atoms with E-state index in [1.165, 1.54) is 4.68 Å². The fourth-order valence-corrected chi connectivity index (χ4v) is 4.87. The van der Waals surface area contributed by atoms with E-state index in [9.17, 15) is 14.7 Å². The highest BCUT2D eigenvalue weighted by Crippen LogP contribution is 2.43. The maximum atomic E-state index is 13.4. The SMILES string of the molecule is CC1CCCN2C(C(c3ccccc3)c3ccccc3)n3ncc(=O)c(O)c3C(=O)N12. The number of aromatic hydroxyl groups is 1. The van der Waals surface area contributed by atoms with Crippen LogP contribution >= 0.6 is 0 Å². The highest BCUT2D eigenvalue weighted by molar-refractivity contribution is 5.95. The molecule has 0 saturated carbocycles. The summed E-state index contributed by atoms with van der Waals surface area (Å²) in [7, 11) is 0. The van der Waals surface area contributed by atoms with E-state index in [0.29, 0.717) is 6.54 Å². The van der Waals surface area contributed by atoms with Gasteiger partial charge in [0.15, 0.2) is 11.4 Å². The van der Waals surface area contributed by atoms with Gasteiger partial charge in [-0.25, -0.2) is 4.68 Å². The Hall–Kier alpha value is -3.45. The van der Waals surface area contributed by atoms with Crippen molar-refractivity contribution in [2.75, 3.05) is 6.54 Å². The topological polar surface area (TPSA) is 78.7 Å². The maximum Gasteiger partial charge on any atom is 0.290 e. The molecule has 1 saturated heterocycles. The predicted molar refractivity (Wildman–Crippen MR) is 115 cm³/mol. The van der Waals surface area contributed by atoms with Crippen LogP contribution in [-0.4, -0.2) is 43.4 Å². The third kappa shape index (κ3) is 3.13. The highest BCUT2D eigenvalue weighted by Gasteiger charge is 2.47. The van der Waals surface area contributed by atoms with Crippen molar-refractivity contribution in [3.63, 3.8) is 0 Å². The summed E-state index contributed by atoms with van der Waals surface area (Å²) in [4.78, 5) is 25.6. The van der Waals surface area contributed by atoms with E-state index in [1.807, 2.05) is 43.3 Å². The molecule has 2 aliphatic heterocycles. The van der Waals surface area contributed by atoms with E-state index in [-0.39, 0.29) is 23.6 Å². The Kier molecular flexibility index (Phi) is 4.82. The second-order valence-electron chi connectivity index (χ2n) is 8.17. The van der Waals surface area contributed by atoms with Gasteiger partial charge >= 0.3 is 0 Å². The molecule has 7 nitrogen and oxygen atoms in total. The predicted octanol–water partition coefficient (Wildman–Crippen LogP) is 3.13. The average Bonchev–Trinajstić information content (AvgIpc) is 2.79. The fraction of sp³-hybridized carbons (Fsp3) is 0.292. The number of fused-ring (bicyclic) bond motifs is 2. The summed E-state index contributed by atoms with van der Waals surface area (Å²) < 4.78 is 1.54. The van der Waals surface area contributed by atoms with Crippen LogP contribution in [0.5, 0.6) is 5.75 Å².